The highest BCUT2D eigenvalue weighted by molar-refractivity contribution is 7.13. The lowest BCUT2D eigenvalue weighted by Crippen LogP contribution is -2.37. The lowest BCUT2D eigenvalue weighted by molar-refractivity contribution is -0.384. The minimum Gasteiger partial charge on any atom is -0.320 e. The third-order valence-corrected chi connectivity index (χ3v) is 4.19. The van der Waals surface area contributed by atoms with Crippen LogP contribution < -0.4 is 11.1 Å². The maximum Gasteiger partial charge on any atom is 0.288 e. The summed E-state index contributed by atoms with van der Waals surface area (Å²) in [7, 11) is 0. The summed E-state index contributed by atoms with van der Waals surface area (Å²) in [6.07, 6.45) is 0.0940. The lowest BCUT2D eigenvalue weighted by Gasteiger charge is -2.12. The van der Waals surface area contributed by atoms with Gasteiger partial charge >= 0.3 is 0 Å². The van der Waals surface area contributed by atoms with Crippen molar-refractivity contribution in [1.29, 1.82) is 0 Å². The molecule has 0 aliphatic rings. The maximum atomic E-state index is 12.0. The summed E-state index contributed by atoms with van der Waals surface area (Å²) < 4.78 is 0. The Morgan fingerprint density at radius 2 is 2.32 bits per heavy atom. The van der Waals surface area contributed by atoms with Gasteiger partial charge in [-0.2, -0.15) is 0 Å². The molecule has 0 radical (unpaired) electrons. The van der Waals surface area contributed by atoms with Gasteiger partial charge < -0.3 is 11.1 Å². The summed E-state index contributed by atoms with van der Waals surface area (Å²) in [5, 5.41) is 15.7. The van der Waals surface area contributed by atoms with E-state index in [0.29, 0.717) is 10.7 Å². The van der Waals surface area contributed by atoms with Crippen LogP contribution in [0.5, 0.6) is 0 Å². The van der Waals surface area contributed by atoms with E-state index in [0.717, 1.165) is 5.69 Å². The van der Waals surface area contributed by atoms with Gasteiger partial charge in [-0.1, -0.05) is 23.7 Å². The van der Waals surface area contributed by atoms with Crippen LogP contribution in [0.2, 0.25) is 5.02 Å². The van der Waals surface area contributed by atoms with Gasteiger partial charge in [-0.05, 0) is 18.9 Å². The van der Waals surface area contributed by atoms with E-state index in [2.05, 4.69) is 10.3 Å². The molecule has 0 aliphatic carbocycles. The number of amides is 1. The van der Waals surface area contributed by atoms with E-state index in [-0.39, 0.29) is 17.1 Å². The van der Waals surface area contributed by atoms with Crippen molar-refractivity contribution in [2.24, 2.45) is 5.73 Å². The molecule has 116 valence electrons. The third-order valence-electron chi connectivity index (χ3n) is 2.88. The second kappa shape index (κ2) is 6.82. The Hall–Kier alpha value is -2.03. The van der Waals surface area contributed by atoms with E-state index in [1.54, 1.807) is 11.4 Å². The number of nitrogens with two attached hydrogens (primary N) is 1. The number of anilines is 1. The fourth-order valence-electron chi connectivity index (χ4n) is 1.80. The number of carbonyl (C=O) groups excluding carboxylic acids is 1. The maximum absolute atomic E-state index is 12.0. The molecule has 3 N–H and O–H groups in total. The third kappa shape index (κ3) is 3.79. The standard InChI is InChI=1S/C13H13ClN4O3S/c1-7-6-22-13(16-7)17-12(19)9(15)5-8-3-2-4-10(11(8)14)18(20)21/h2-4,6,9H,5,15H2,1H3,(H,16,17,19)/t9-/m0/s1. The van der Waals surface area contributed by atoms with Crippen molar-refractivity contribution in [2.45, 2.75) is 19.4 Å². The molecule has 1 amide bonds. The molecule has 22 heavy (non-hydrogen) atoms. The molecule has 2 rings (SSSR count). The highest BCUT2D eigenvalue weighted by atomic mass is 35.5. The number of carbonyl (C=O) groups is 1. The molecule has 7 nitrogen and oxygen atoms in total. The lowest BCUT2D eigenvalue weighted by atomic mass is 10.1. The zero-order valence-electron chi connectivity index (χ0n) is 11.6. The van der Waals surface area contributed by atoms with Crippen LogP contribution in [0.25, 0.3) is 0 Å². The number of nitrogens with one attached hydrogen (secondary N) is 1. The molecule has 0 fully saturated rings. The number of aryl methyl sites for hydroxylation is 1. The van der Waals surface area contributed by atoms with Crippen molar-refractivity contribution in [2.75, 3.05) is 5.32 Å². The van der Waals surface area contributed by atoms with Gasteiger partial charge in [0.25, 0.3) is 5.69 Å². The van der Waals surface area contributed by atoms with Crippen LogP contribution >= 0.6 is 22.9 Å². The Balaban J connectivity index is 2.08. The van der Waals surface area contributed by atoms with Gasteiger partial charge in [0.1, 0.15) is 5.02 Å². The minimum atomic E-state index is -0.885. The van der Waals surface area contributed by atoms with E-state index in [1.165, 1.54) is 23.5 Å². The summed E-state index contributed by atoms with van der Waals surface area (Å²) >= 11 is 7.27. The van der Waals surface area contributed by atoms with Gasteiger partial charge in [0.2, 0.25) is 5.91 Å². The van der Waals surface area contributed by atoms with E-state index < -0.39 is 16.9 Å². The van der Waals surface area contributed by atoms with Crippen LogP contribution in [0.4, 0.5) is 10.8 Å². The first kappa shape index (κ1) is 16.3. The Bertz CT molecular complexity index is 719. The summed E-state index contributed by atoms with van der Waals surface area (Å²) in [5.74, 6) is -0.420. The summed E-state index contributed by atoms with van der Waals surface area (Å²) in [6.45, 7) is 1.81. The number of benzene rings is 1. The van der Waals surface area contributed by atoms with Gasteiger partial charge in [0, 0.05) is 11.4 Å². The second-order valence-electron chi connectivity index (χ2n) is 4.60. The fourth-order valence-corrected chi connectivity index (χ4v) is 2.77. The number of nitro benzene ring substituents is 1. The molecule has 1 heterocycles. The predicted molar refractivity (Wildman–Crippen MR) is 85.3 cm³/mol. The number of halogens is 1. The first-order chi connectivity index (χ1) is 10.4. The monoisotopic (exact) mass is 340 g/mol. The molecule has 0 aliphatic heterocycles. The van der Waals surface area contributed by atoms with Crippen molar-refractivity contribution in [3.8, 4) is 0 Å². The van der Waals surface area contributed by atoms with Gasteiger partial charge in [0.15, 0.2) is 5.13 Å². The first-order valence-electron chi connectivity index (χ1n) is 6.29. The quantitative estimate of drug-likeness (QED) is 0.641. The molecule has 0 spiro atoms. The smallest absolute Gasteiger partial charge is 0.288 e. The average molecular weight is 341 g/mol. The molecule has 0 bridgehead atoms. The Morgan fingerprint density at radius 3 is 2.91 bits per heavy atom. The number of hydrogen-bond donors (Lipinski definition) is 2. The summed E-state index contributed by atoms with van der Waals surface area (Å²) in [6, 6.07) is 3.53. The summed E-state index contributed by atoms with van der Waals surface area (Å²) in [4.78, 5) is 26.4. The molecule has 9 heteroatoms. The van der Waals surface area contributed by atoms with Crippen molar-refractivity contribution in [3.63, 3.8) is 0 Å². The largest absolute Gasteiger partial charge is 0.320 e. The number of thiazole rings is 1. The van der Waals surface area contributed by atoms with Gasteiger partial charge in [-0.25, -0.2) is 4.98 Å². The van der Waals surface area contributed by atoms with Gasteiger partial charge in [-0.15, -0.1) is 11.3 Å². The zero-order chi connectivity index (χ0) is 16.3. The van der Waals surface area contributed by atoms with E-state index in [1.807, 2.05) is 6.92 Å². The minimum absolute atomic E-state index is 0.000781. The highest BCUT2D eigenvalue weighted by Crippen LogP contribution is 2.28. The summed E-state index contributed by atoms with van der Waals surface area (Å²) in [5.41, 5.74) is 6.88. The number of rotatable bonds is 5. The second-order valence-corrected chi connectivity index (χ2v) is 5.84. The Labute approximate surface area is 135 Å². The molecule has 1 atom stereocenters. The number of nitrogens with zero attached hydrogens (tertiary/aromatic N) is 2. The first-order valence-corrected chi connectivity index (χ1v) is 7.54. The Morgan fingerprint density at radius 1 is 1.59 bits per heavy atom. The molecule has 0 saturated heterocycles. The fraction of sp³-hybridized carbons (Fsp3) is 0.231. The highest BCUT2D eigenvalue weighted by Gasteiger charge is 2.21. The van der Waals surface area contributed by atoms with Crippen molar-refractivity contribution in [3.05, 3.63) is 50.0 Å². The molecule has 0 unspecified atom stereocenters. The predicted octanol–water partition coefficient (Wildman–Crippen LogP) is 2.52. The van der Waals surface area contributed by atoms with Crippen LogP contribution in [-0.4, -0.2) is 21.9 Å². The van der Waals surface area contributed by atoms with Crippen molar-refractivity contribution in [1.82, 2.24) is 4.98 Å². The van der Waals surface area contributed by atoms with Crippen LogP contribution in [0.15, 0.2) is 23.6 Å². The van der Waals surface area contributed by atoms with Crippen molar-refractivity contribution >= 4 is 39.7 Å². The number of hydrogen-bond acceptors (Lipinski definition) is 6. The molecular formula is C13H13ClN4O3S. The normalized spacial score (nSPS) is 12.0. The molecule has 1 aromatic heterocycles. The Kier molecular flexibility index (Phi) is 5.07. The molecular weight excluding hydrogens is 328 g/mol. The topological polar surface area (TPSA) is 111 Å². The number of nitro groups is 1. The molecule has 0 saturated carbocycles. The molecule has 2 aromatic rings. The van der Waals surface area contributed by atoms with Crippen LogP contribution in [-0.2, 0) is 11.2 Å². The van der Waals surface area contributed by atoms with E-state index in [4.69, 9.17) is 17.3 Å². The zero-order valence-corrected chi connectivity index (χ0v) is 13.1. The van der Waals surface area contributed by atoms with E-state index in [9.17, 15) is 14.9 Å². The van der Waals surface area contributed by atoms with Crippen LogP contribution in [0.1, 0.15) is 11.3 Å². The van der Waals surface area contributed by atoms with Crippen LogP contribution in [0, 0.1) is 17.0 Å². The average Bonchev–Trinajstić information content (AvgIpc) is 2.86. The van der Waals surface area contributed by atoms with Gasteiger partial charge in [-0.3, -0.25) is 14.9 Å². The van der Waals surface area contributed by atoms with Crippen LogP contribution in [0.3, 0.4) is 0 Å². The number of aromatic nitrogens is 1. The van der Waals surface area contributed by atoms with Gasteiger partial charge in [0.05, 0.1) is 16.7 Å². The SMILES string of the molecule is Cc1csc(NC(=O)[C@@H](N)Cc2cccc([N+](=O)[O-])c2Cl)n1. The molecule has 1 aromatic carbocycles. The van der Waals surface area contributed by atoms with Crippen molar-refractivity contribution < 1.29 is 9.72 Å². The van der Waals surface area contributed by atoms with E-state index >= 15 is 0 Å².